The normalized spacial score (nSPS) is 11.9. The van der Waals surface area contributed by atoms with E-state index in [0.717, 1.165) is 12.8 Å². The monoisotopic (exact) mass is 253 g/mol. The number of rotatable bonds is 7. The van der Waals surface area contributed by atoms with E-state index in [4.69, 9.17) is 0 Å². The Bertz CT molecular complexity index is 405. The summed E-state index contributed by atoms with van der Waals surface area (Å²) in [5.74, 6) is 1.04. The minimum atomic E-state index is -0.559. The predicted octanol–water partition coefficient (Wildman–Crippen LogP) is 0.549. The zero-order valence-corrected chi connectivity index (χ0v) is 10.1. The third-order valence-electron chi connectivity index (χ3n) is 2.99. The van der Waals surface area contributed by atoms with Crippen molar-refractivity contribution in [3.63, 3.8) is 0 Å². The number of alkyl halides is 1. The van der Waals surface area contributed by atoms with Crippen molar-refractivity contribution in [2.24, 2.45) is 0 Å². The average molecular weight is 253 g/mol. The van der Waals surface area contributed by atoms with Gasteiger partial charge in [0.25, 0.3) is 0 Å². The number of tetrazole rings is 2. The molecule has 0 aliphatic carbocycles. The summed E-state index contributed by atoms with van der Waals surface area (Å²) in [6.07, 6.45) is 2.92. The number of unbranched alkanes of at least 4 members (excludes halogenated alkanes) is 2. The highest BCUT2D eigenvalue weighted by Gasteiger charge is 2.36. The molecule has 0 saturated heterocycles. The van der Waals surface area contributed by atoms with Crippen molar-refractivity contribution < 1.29 is 4.39 Å². The van der Waals surface area contributed by atoms with Crippen molar-refractivity contribution >= 4 is 0 Å². The van der Waals surface area contributed by atoms with Gasteiger partial charge in [0.2, 0.25) is 0 Å². The summed E-state index contributed by atoms with van der Waals surface area (Å²) < 4.78 is 12.1. The number of aromatic amines is 2. The van der Waals surface area contributed by atoms with Gasteiger partial charge < -0.3 is 0 Å². The van der Waals surface area contributed by atoms with Gasteiger partial charge in [-0.3, -0.25) is 4.39 Å². The Kier molecular flexibility index (Phi) is 3.90. The highest BCUT2D eigenvalue weighted by atomic mass is 18.2. The molecule has 0 spiro atoms. The molecule has 18 heavy (non-hydrogen) atoms. The summed E-state index contributed by atoms with van der Waals surface area (Å²) in [5.41, 5.74) is -0.559. The molecule has 2 aromatic heterocycles. The fourth-order valence-electron chi connectivity index (χ4n) is 1.86. The minimum absolute atomic E-state index is 0.291. The van der Waals surface area contributed by atoms with Crippen LogP contribution in [0.3, 0.4) is 0 Å². The number of hydrogen-bond donors (Lipinski definition) is 2. The van der Waals surface area contributed by atoms with Crippen molar-refractivity contribution in [2.75, 3.05) is 6.67 Å². The molecule has 0 saturated carbocycles. The second-order valence-electron chi connectivity index (χ2n) is 4.30. The van der Waals surface area contributed by atoms with Crippen molar-refractivity contribution in [1.82, 2.24) is 41.2 Å². The maximum atomic E-state index is 12.1. The van der Waals surface area contributed by atoms with Crippen LogP contribution in [0.4, 0.5) is 4.39 Å². The minimum Gasteiger partial charge on any atom is -0.251 e. The largest absolute Gasteiger partial charge is 0.251 e. The molecular formula is C9H15FN8. The Morgan fingerprint density at radius 3 is 2.06 bits per heavy atom. The standard InChI is InChI=1S/C9H15FN8/c1-9(5-3-2-4-6-10,7-11-15-16-12-7)8-13-17-18-14-8/h2-6H2,1H3,(H,11,12,15,16)(H,13,14,17,18)/i10-1. The van der Waals surface area contributed by atoms with Gasteiger partial charge in [-0.2, -0.15) is 10.4 Å². The quantitative estimate of drug-likeness (QED) is 0.697. The van der Waals surface area contributed by atoms with Crippen LogP contribution in [0.15, 0.2) is 0 Å². The van der Waals surface area contributed by atoms with E-state index in [-0.39, 0.29) is 6.67 Å². The summed E-state index contributed by atoms with van der Waals surface area (Å²) in [5, 5.41) is 28.0. The maximum absolute atomic E-state index is 12.1. The molecule has 0 aliphatic rings. The van der Waals surface area contributed by atoms with E-state index < -0.39 is 5.41 Å². The Morgan fingerprint density at radius 2 is 1.61 bits per heavy atom. The first-order valence-corrected chi connectivity index (χ1v) is 5.81. The molecule has 2 rings (SSSR count). The molecule has 0 unspecified atom stereocenters. The lowest BCUT2D eigenvalue weighted by Crippen LogP contribution is -2.27. The van der Waals surface area contributed by atoms with E-state index in [1.165, 1.54) is 0 Å². The highest BCUT2D eigenvalue weighted by molar-refractivity contribution is 5.16. The first kappa shape index (κ1) is 12.5. The van der Waals surface area contributed by atoms with Crippen molar-refractivity contribution in [2.45, 2.75) is 38.0 Å². The number of hydrogen-bond acceptors (Lipinski definition) is 6. The van der Waals surface area contributed by atoms with E-state index in [1.807, 2.05) is 6.92 Å². The highest BCUT2D eigenvalue weighted by Crippen LogP contribution is 2.31. The van der Waals surface area contributed by atoms with Crippen LogP contribution >= 0.6 is 0 Å². The molecule has 2 N–H and O–H groups in total. The second-order valence-corrected chi connectivity index (χ2v) is 4.30. The number of H-pyrrole nitrogens is 2. The van der Waals surface area contributed by atoms with Gasteiger partial charge in [0.15, 0.2) is 11.6 Å². The molecule has 0 fully saturated rings. The van der Waals surface area contributed by atoms with Crippen molar-refractivity contribution in [3.8, 4) is 0 Å². The molecule has 0 radical (unpaired) electrons. The summed E-state index contributed by atoms with van der Waals surface area (Å²) >= 11 is 0. The number of nitrogens with zero attached hydrogens (tertiary/aromatic N) is 6. The van der Waals surface area contributed by atoms with Crippen LogP contribution in [0, 0.1) is 0 Å². The smallest absolute Gasteiger partial charge is 0.188 e. The lowest BCUT2D eigenvalue weighted by molar-refractivity contribution is 0.408. The van der Waals surface area contributed by atoms with Crippen LogP contribution < -0.4 is 0 Å². The Labute approximate surface area is 103 Å². The van der Waals surface area contributed by atoms with Gasteiger partial charge in [0.1, 0.15) is 0 Å². The summed E-state index contributed by atoms with van der Waals surface area (Å²) in [4.78, 5) is 0. The zero-order chi connectivity index (χ0) is 12.8. The Hall–Kier alpha value is -1.93. The molecule has 0 aromatic carbocycles. The van der Waals surface area contributed by atoms with Crippen molar-refractivity contribution in [1.29, 1.82) is 0 Å². The zero-order valence-electron chi connectivity index (χ0n) is 10.1. The molecule has 2 aromatic rings. The second kappa shape index (κ2) is 5.61. The van der Waals surface area contributed by atoms with Crippen LogP contribution in [0.1, 0.15) is 44.3 Å². The van der Waals surface area contributed by atoms with Gasteiger partial charge >= 0.3 is 0 Å². The van der Waals surface area contributed by atoms with Gasteiger partial charge in [0.05, 0.1) is 12.1 Å². The van der Waals surface area contributed by atoms with Gasteiger partial charge in [0, 0.05) is 0 Å². The fourth-order valence-corrected chi connectivity index (χ4v) is 1.86. The van der Waals surface area contributed by atoms with Crippen LogP contribution in [0.2, 0.25) is 0 Å². The first-order valence-electron chi connectivity index (χ1n) is 5.81. The van der Waals surface area contributed by atoms with E-state index in [1.54, 1.807) is 0 Å². The van der Waals surface area contributed by atoms with Gasteiger partial charge in [-0.15, -0.1) is 20.4 Å². The van der Waals surface area contributed by atoms with Gasteiger partial charge in [-0.05, 0) is 19.8 Å². The molecule has 0 aliphatic heterocycles. The van der Waals surface area contributed by atoms with E-state index >= 15 is 0 Å². The molecule has 98 valence electrons. The summed E-state index contributed by atoms with van der Waals surface area (Å²) in [6.45, 7) is 1.64. The third-order valence-corrected chi connectivity index (χ3v) is 2.99. The van der Waals surface area contributed by atoms with Gasteiger partial charge in [-0.1, -0.05) is 23.3 Å². The van der Waals surface area contributed by atoms with E-state index in [9.17, 15) is 4.39 Å². The average Bonchev–Trinajstić information content (AvgIpc) is 3.05. The molecule has 0 amide bonds. The third kappa shape index (κ3) is 2.49. The van der Waals surface area contributed by atoms with E-state index in [0.29, 0.717) is 24.5 Å². The number of aromatic nitrogens is 8. The van der Waals surface area contributed by atoms with Crippen LogP contribution in [-0.2, 0) is 5.41 Å². The van der Waals surface area contributed by atoms with Crippen molar-refractivity contribution in [3.05, 3.63) is 11.6 Å². The SMILES string of the molecule is CC(CCCCC[18F])(c1nn[nH]n1)c1nn[nH]n1. The van der Waals surface area contributed by atoms with E-state index in [2.05, 4.69) is 41.2 Å². The summed E-state index contributed by atoms with van der Waals surface area (Å²) in [7, 11) is 0. The molecular weight excluding hydrogens is 238 g/mol. The lowest BCUT2D eigenvalue weighted by atomic mass is 9.83. The number of nitrogens with one attached hydrogen (secondary N) is 2. The Balaban J connectivity index is 2.13. The van der Waals surface area contributed by atoms with Crippen LogP contribution in [0.5, 0.6) is 0 Å². The van der Waals surface area contributed by atoms with Crippen LogP contribution in [-0.4, -0.2) is 47.9 Å². The topological polar surface area (TPSA) is 109 Å². The molecule has 0 atom stereocenters. The molecule has 9 heteroatoms. The first-order chi connectivity index (χ1) is 8.77. The molecule has 2 heterocycles. The maximum Gasteiger partial charge on any atom is 0.188 e. The fraction of sp³-hybridized carbons (Fsp3) is 0.778. The van der Waals surface area contributed by atoms with Gasteiger partial charge in [-0.25, -0.2) is 0 Å². The number of halogens is 1. The molecule has 8 nitrogen and oxygen atoms in total. The van der Waals surface area contributed by atoms with Crippen LogP contribution in [0.25, 0.3) is 0 Å². The summed E-state index contributed by atoms with van der Waals surface area (Å²) in [6, 6.07) is 0. The predicted molar refractivity (Wildman–Crippen MR) is 59.3 cm³/mol. The molecule has 0 bridgehead atoms. The lowest BCUT2D eigenvalue weighted by Gasteiger charge is -2.21. The Morgan fingerprint density at radius 1 is 1.00 bits per heavy atom.